The van der Waals surface area contributed by atoms with Gasteiger partial charge in [0.25, 0.3) is 5.91 Å². The molecule has 1 aromatic carbocycles. The smallest absolute Gasteiger partial charge is 0.252 e. The molecule has 0 aliphatic carbocycles. The molecule has 2 aromatic rings. The lowest BCUT2D eigenvalue weighted by Crippen LogP contribution is -2.50. The van der Waals surface area contributed by atoms with Crippen molar-refractivity contribution in [2.24, 2.45) is 7.05 Å². The molecule has 0 unspecified atom stereocenters. The van der Waals surface area contributed by atoms with Crippen LogP contribution >= 0.6 is 0 Å². The number of anilines is 1. The molecule has 0 spiro atoms. The standard InChI is InChI=1S/C18H23N5O3/c1-22-15-5-4-12(16(24)20-13-3-2-6-19-17(13)25)11-14(15)21-18(22)23-7-9-26-10-8-23/h4-5,11,13H,2-3,6-10H2,1H3,(H,19,25)(H,20,24)/t13-/m0/s1. The van der Waals surface area contributed by atoms with Crippen LogP contribution < -0.4 is 15.5 Å². The number of nitrogens with zero attached hydrogens (tertiary/aromatic N) is 3. The molecule has 2 aliphatic heterocycles. The van der Waals surface area contributed by atoms with Crippen molar-refractivity contribution in [3.05, 3.63) is 23.8 Å². The van der Waals surface area contributed by atoms with E-state index in [2.05, 4.69) is 15.5 Å². The predicted molar refractivity (Wildman–Crippen MR) is 97.2 cm³/mol. The second kappa shape index (κ2) is 6.95. The molecule has 2 fully saturated rings. The Morgan fingerprint density at radius 2 is 2.15 bits per heavy atom. The van der Waals surface area contributed by atoms with Crippen LogP contribution in [-0.2, 0) is 16.6 Å². The van der Waals surface area contributed by atoms with Crippen molar-refractivity contribution in [1.82, 2.24) is 20.2 Å². The number of piperidine rings is 1. The minimum Gasteiger partial charge on any atom is -0.378 e. The largest absolute Gasteiger partial charge is 0.378 e. The van der Waals surface area contributed by atoms with Crippen molar-refractivity contribution in [3.8, 4) is 0 Å². The first kappa shape index (κ1) is 16.8. The highest BCUT2D eigenvalue weighted by molar-refractivity contribution is 6.00. The van der Waals surface area contributed by atoms with Crippen LogP contribution in [0.3, 0.4) is 0 Å². The minimum absolute atomic E-state index is 0.113. The summed E-state index contributed by atoms with van der Waals surface area (Å²) in [7, 11) is 1.98. The fraction of sp³-hybridized carbons (Fsp3) is 0.500. The Bertz CT molecular complexity index is 841. The van der Waals surface area contributed by atoms with E-state index >= 15 is 0 Å². The summed E-state index contributed by atoms with van der Waals surface area (Å²) in [6, 6.07) is 5.01. The zero-order valence-electron chi connectivity index (χ0n) is 14.8. The van der Waals surface area contributed by atoms with Crippen LogP contribution in [0.1, 0.15) is 23.2 Å². The molecule has 8 nitrogen and oxygen atoms in total. The second-order valence-corrected chi connectivity index (χ2v) is 6.73. The first-order chi connectivity index (χ1) is 12.6. The summed E-state index contributed by atoms with van der Waals surface area (Å²) in [4.78, 5) is 31.3. The van der Waals surface area contributed by atoms with Gasteiger partial charge in [0.15, 0.2) is 0 Å². The normalized spacial score (nSPS) is 20.9. The number of benzene rings is 1. The Morgan fingerprint density at radius 3 is 2.92 bits per heavy atom. The summed E-state index contributed by atoms with van der Waals surface area (Å²) >= 11 is 0. The van der Waals surface area contributed by atoms with Gasteiger partial charge >= 0.3 is 0 Å². The maximum atomic E-state index is 12.5. The molecule has 8 heteroatoms. The summed E-state index contributed by atoms with van der Waals surface area (Å²) in [5, 5.41) is 5.60. The van der Waals surface area contributed by atoms with Crippen molar-refractivity contribution in [1.29, 1.82) is 0 Å². The van der Waals surface area contributed by atoms with E-state index < -0.39 is 6.04 Å². The molecular formula is C18H23N5O3. The van der Waals surface area contributed by atoms with E-state index in [0.717, 1.165) is 36.5 Å². The van der Waals surface area contributed by atoms with Gasteiger partial charge in [-0.15, -0.1) is 0 Å². The van der Waals surface area contributed by atoms with Crippen molar-refractivity contribution in [2.45, 2.75) is 18.9 Å². The van der Waals surface area contributed by atoms with Crippen LogP contribution in [0.25, 0.3) is 11.0 Å². The zero-order chi connectivity index (χ0) is 18.1. The van der Waals surface area contributed by atoms with Gasteiger partial charge in [0.05, 0.1) is 24.2 Å². The average molecular weight is 357 g/mol. The highest BCUT2D eigenvalue weighted by Gasteiger charge is 2.24. The van der Waals surface area contributed by atoms with Crippen molar-refractivity contribution < 1.29 is 14.3 Å². The Hall–Kier alpha value is -2.61. The number of aryl methyl sites for hydroxylation is 1. The lowest BCUT2D eigenvalue weighted by Gasteiger charge is -2.27. The van der Waals surface area contributed by atoms with Crippen molar-refractivity contribution >= 4 is 28.8 Å². The van der Waals surface area contributed by atoms with E-state index in [-0.39, 0.29) is 11.8 Å². The molecule has 1 aromatic heterocycles. The predicted octanol–water partition coefficient (Wildman–Crippen LogP) is 0.418. The first-order valence-corrected chi connectivity index (χ1v) is 9.01. The molecule has 0 saturated carbocycles. The lowest BCUT2D eigenvalue weighted by molar-refractivity contribution is -0.124. The quantitative estimate of drug-likeness (QED) is 0.831. The van der Waals surface area contributed by atoms with Crippen LogP contribution in [0.4, 0.5) is 5.95 Å². The molecule has 26 heavy (non-hydrogen) atoms. The van der Waals surface area contributed by atoms with Crippen LogP contribution in [0, 0.1) is 0 Å². The number of amides is 2. The summed E-state index contributed by atoms with van der Waals surface area (Å²) in [5.74, 6) is 0.526. The summed E-state index contributed by atoms with van der Waals surface area (Å²) in [6.45, 7) is 3.68. The first-order valence-electron chi connectivity index (χ1n) is 9.01. The highest BCUT2D eigenvalue weighted by atomic mass is 16.5. The zero-order valence-corrected chi connectivity index (χ0v) is 14.8. The Kier molecular flexibility index (Phi) is 4.50. The molecule has 0 bridgehead atoms. The number of fused-ring (bicyclic) bond motifs is 1. The molecule has 138 valence electrons. The number of imidazole rings is 1. The molecule has 2 amide bonds. The summed E-state index contributed by atoms with van der Waals surface area (Å²) in [5.41, 5.74) is 2.26. The third kappa shape index (κ3) is 3.12. The van der Waals surface area contributed by atoms with E-state index in [1.165, 1.54) is 0 Å². The number of hydrogen-bond donors (Lipinski definition) is 2. The molecule has 2 saturated heterocycles. The van der Waals surface area contributed by atoms with Gasteiger partial charge in [-0.2, -0.15) is 0 Å². The minimum atomic E-state index is -0.459. The number of ether oxygens (including phenoxy) is 1. The van der Waals surface area contributed by atoms with Crippen molar-refractivity contribution in [2.75, 3.05) is 37.7 Å². The molecule has 3 heterocycles. The average Bonchev–Trinajstić information content (AvgIpc) is 3.00. The van der Waals surface area contributed by atoms with Gasteiger partial charge in [-0.3, -0.25) is 9.59 Å². The Balaban J connectivity index is 1.56. The third-order valence-corrected chi connectivity index (χ3v) is 5.00. The van der Waals surface area contributed by atoms with Gasteiger partial charge in [-0.1, -0.05) is 0 Å². The molecule has 2 aliphatic rings. The topological polar surface area (TPSA) is 88.5 Å². The number of aromatic nitrogens is 2. The van der Waals surface area contributed by atoms with Gasteiger partial charge in [0, 0.05) is 32.2 Å². The van der Waals surface area contributed by atoms with Crippen molar-refractivity contribution in [3.63, 3.8) is 0 Å². The van der Waals surface area contributed by atoms with E-state index in [4.69, 9.17) is 9.72 Å². The monoisotopic (exact) mass is 357 g/mol. The molecule has 2 N–H and O–H groups in total. The number of hydrogen-bond acceptors (Lipinski definition) is 5. The Labute approximate surface area is 151 Å². The highest BCUT2D eigenvalue weighted by Crippen LogP contribution is 2.23. The number of rotatable bonds is 3. The SMILES string of the molecule is Cn1c(N2CCOCC2)nc2cc(C(=O)N[C@H]3CCCNC3=O)ccc21. The summed E-state index contributed by atoms with van der Waals surface area (Å²) in [6.07, 6.45) is 1.55. The second-order valence-electron chi connectivity index (χ2n) is 6.73. The van der Waals surface area contributed by atoms with E-state index in [9.17, 15) is 9.59 Å². The fourth-order valence-corrected chi connectivity index (χ4v) is 3.53. The van der Waals surface area contributed by atoms with Crippen LogP contribution in [0.5, 0.6) is 0 Å². The molecule has 4 rings (SSSR count). The van der Waals surface area contributed by atoms with Crippen LogP contribution in [0.2, 0.25) is 0 Å². The van der Waals surface area contributed by atoms with Gasteiger partial charge in [0.2, 0.25) is 11.9 Å². The maximum absolute atomic E-state index is 12.5. The number of nitrogens with one attached hydrogen (secondary N) is 2. The molecule has 0 radical (unpaired) electrons. The molecular weight excluding hydrogens is 334 g/mol. The maximum Gasteiger partial charge on any atom is 0.252 e. The Morgan fingerprint density at radius 1 is 1.35 bits per heavy atom. The van der Waals surface area contributed by atoms with Crippen LogP contribution in [-0.4, -0.2) is 60.3 Å². The van der Waals surface area contributed by atoms with Gasteiger partial charge < -0.3 is 24.8 Å². The van der Waals surface area contributed by atoms with E-state index in [1.807, 2.05) is 17.7 Å². The number of morpholine rings is 1. The fourth-order valence-electron chi connectivity index (χ4n) is 3.53. The summed E-state index contributed by atoms with van der Waals surface area (Å²) < 4.78 is 7.44. The number of carbonyl (C=O) groups excluding carboxylic acids is 2. The molecule has 1 atom stereocenters. The van der Waals surface area contributed by atoms with E-state index in [1.54, 1.807) is 12.1 Å². The van der Waals surface area contributed by atoms with Gasteiger partial charge in [-0.05, 0) is 31.0 Å². The van der Waals surface area contributed by atoms with Gasteiger partial charge in [-0.25, -0.2) is 4.98 Å². The number of carbonyl (C=O) groups is 2. The lowest BCUT2D eigenvalue weighted by atomic mass is 10.1. The third-order valence-electron chi connectivity index (χ3n) is 5.00. The van der Waals surface area contributed by atoms with Crippen LogP contribution in [0.15, 0.2) is 18.2 Å². The van der Waals surface area contributed by atoms with E-state index in [0.29, 0.717) is 31.7 Å². The van der Waals surface area contributed by atoms with Gasteiger partial charge in [0.1, 0.15) is 6.04 Å².